The summed E-state index contributed by atoms with van der Waals surface area (Å²) < 4.78 is 4.41. The molecule has 0 unspecified atom stereocenters. The molecule has 0 amide bonds. The van der Waals surface area contributed by atoms with Gasteiger partial charge in [-0.2, -0.15) is 0 Å². The van der Waals surface area contributed by atoms with E-state index >= 15 is 0 Å². The molecule has 0 saturated carbocycles. The average Bonchev–Trinajstić information content (AvgIpc) is 2.21. The van der Waals surface area contributed by atoms with E-state index in [1.165, 1.54) is 13.2 Å². The smallest absolute Gasteiger partial charge is 0.332 e. The number of halogens is 2. The zero-order chi connectivity index (χ0) is 11.4. The molecule has 0 spiro atoms. The lowest BCUT2D eigenvalue weighted by Gasteiger charge is -2.03. The lowest BCUT2D eigenvalue weighted by molar-refractivity contribution is -0.134. The fraction of sp³-hybridized carbons (Fsp3) is 0.111. The van der Waals surface area contributed by atoms with Gasteiger partial charge in [0.25, 0.3) is 0 Å². The number of aromatic nitrogens is 1. The Hall–Kier alpha value is -1.26. The zero-order valence-electron chi connectivity index (χ0n) is 7.83. The summed E-state index contributed by atoms with van der Waals surface area (Å²) in [5, 5.41) is 0.563. The molecule has 0 fully saturated rings. The van der Waals surface area contributed by atoms with E-state index < -0.39 is 5.97 Å². The Labute approximate surface area is 96.6 Å². The fourth-order valence-electron chi connectivity index (χ4n) is 0.875. The van der Waals surface area contributed by atoms with Crippen molar-refractivity contribution < 1.29 is 9.53 Å². The highest BCUT2D eigenvalue weighted by Crippen LogP contribution is 2.20. The first-order chi connectivity index (χ1) is 7.04. The number of rotatable bonds is 2. The molecule has 0 aromatic carbocycles. The molecule has 0 atom stereocenters. The van der Waals surface area contributed by atoms with Gasteiger partial charge in [-0.1, -0.05) is 23.2 Å². The minimum absolute atomic E-state index is 0.106. The van der Waals surface area contributed by atoms with Crippen LogP contribution in [0.3, 0.4) is 0 Å². The summed E-state index contributed by atoms with van der Waals surface area (Å²) in [7, 11) is 1.25. The largest absolute Gasteiger partial charge is 0.466 e. The quantitative estimate of drug-likeness (QED) is 0.492. The van der Waals surface area contributed by atoms with Gasteiger partial charge in [-0.15, -0.1) is 0 Å². The molecule has 1 aromatic heterocycles. The molecular weight excluding hydrogens is 239 g/mol. The number of nitrogens with two attached hydrogens (primary N) is 1. The Kier molecular flexibility index (Phi) is 3.94. The first-order valence-corrected chi connectivity index (χ1v) is 4.67. The van der Waals surface area contributed by atoms with Crippen LogP contribution in [0, 0.1) is 0 Å². The summed E-state index contributed by atoms with van der Waals surface area (Å²) in [5.74, 6) is -0.578. The zero-order valence-corrected chi connectivity index (χ0v) is 9.34. The van der Waals surface area contributed by atoms with E-state index in [1.807, 2.05) is 0 Å². The van der Waals surface area contributed by atoms with Crippen LogP contribution >= 0.6 is 23.2 Å². The van der Waals surface area contributed by atoms with Crippen LogP contribution in [0.25, 0.3) is 5.70 Å². The highest BCUT2D eigenvalue weighted by atomic mass is 35.5. The van der Waals surface area contributed by atoms with Gasteiger partial charge >= 0.3 is 5.97 Å². The maximum absolute atomic E-state index is 10.9. The number of hydrogen-bond donors (Lipinski definition) is 1. The Balaban J connectivity index is 3.10. The second kappa shape index (κ2) is 5.00. The van der Waals surface area contributed by atoms with Crippen LogP contribution in [0.2, 0.25) is 10.2 Å². The van der Waals surface area contributed by atoms with Crippen LogP contribution in [0.4, 0.5) is 0 Å². The molecule has 1 rings (SSSR count). The molecule has 0 aliphatic heterocycles. The van der Waals surface area contributed by atoms with Crippen LogP contribution in [-0.4, -0.2) is 18.1 Å². The number of ether oxygens (including phenoxy) is 1. The summed E-state index contributed by atoms with van der Waals surface area (Å²) >= 11 is 11.5. The van der Waals surface area contributed by atoms with Gasteiger partial charge in [0.05, 0.1) is 17.8 Å². The lowest BCUT2D eigenvalue weighted by Crippen LogP contribution is -2.05. The maximum atomic E-state index is 10.9. The van der Waals surface area contributed by atoms with Crippen LogP contribution < -0.4 is 5.73 Å². The van der Waals surface area contributed by atoms with Gasteiger partial charge in [0.15, 0.2) is 0 Å². The molecule has 0 aliphatic carbocycles. The molecule has 80 valence electrons. The standard InChI is InChI=1S/C9H8Cl2N2O2/c1-15-8(14)4-6(12)9-5(10)2-3-7(11)13-9/h2-4H,12H2,1H3/b6-4-. The van der Waals surface area contributed by atoms with Crippen LogP contribution in [0.5, 0.6) is 0 Å². The normalized spacial score (nSPS) is 11.3. The fourth-order valence-corrected chi connectivity index (χ4v) is 1.24. The van der Waals surface area contributed by atoms with Crippen LogP contribution in [-0.2, 0) is 9.53 Å². The summed E-state index contributed by atoms with van der Waals surface area (Å²) in [5.41, 5.74) is 5.96. The van der Waals surface area contributed by atoms with Crippen molar-refractivity contribution in [2.75, 3.05) is 7.11 Å². The SMILES string of the molecule is COC(=O)/C=C(\N)c1nc(Cl)ccc1Cl. The number of carbonyl (C=O) groups excluding carboxylic acids is 1. The van der Waals surface area contributed by atoms with Gasteiger partial charge in [0.1, 0.15) is 10.8 Å². The summed E-state index contributed by atoms with van der Waals surface area (Å²) in [6.45, 7) is 0. The minimum Gasteiger partial charge on any atom is -0.466 e. The Morgan fingerprint density at radius 1 is 1.53 bits per heavy atom. The predicted octanol–water partition coefficient (Wildman–Crippen LogP) is 1.86. The van der Waals surface area contributed by atoms with E-state index in [1.54, 1.807) is 6.07 Å². The second-order valence-electron chi connectivity index (χ2n) is 2.59. The number of carbonyl (C=O) groups is 1. The second-order valence-corrected chi connectivity index (χ2v) is 3.38. The van der Waals surface area contributed by atoms with Crippen molar-refractivity contribution in [1.82, 2.24) is 4.98 Å². The molecule has 0 radical (unpaired) electrons. The maximum Gasteiger partial charge on any atom is 0.332 e. The summed E-state index contributed by atoms with van der Waals surface area (Å²) in [6, 6.07) is 3.07. The van der Waals surface area contributed by atoms with Crippen molar-refractivity contribution in [2.24, 2.45) is 5.73 Å². The summed E-state index contributed by atoms with van der Waals surface area (Å²) in [4.78, 5) is 14.8. The number of hydrogen-bond acceptors (Lipinski definition) is 4. The molecule has 0 aliphatic rings. The van der Waals surface area contributed by atoms with Crippen molar-refractivity contribution in [2.45, 2.75) is 0 Å². The van der Waals surface area contributed by atoms with E-state index in [0.717, 1.165) is 6.08 Å². The van der Waals surface area contributed by atoms with Gasteiger partial charge in [-0.05, 0) is 12.1 Å². The van der Waals surface area contributed by atoms with E-state index in [2.05, 4.69) is 9.72 Å². The Bertz CT molecular complexity index is 419. The Morgan fingerprint density at radius 3 is 2.80 bits per heavy atom. The summed E-state index contributed by atoms with van der Waals surface area (Å²) in [6.07, 6.45) is 1.09. The van der Waals surface area contributed by atoms with Crippen molar-refractivity contribution in [3.8, 4) is 0 Å². The minimum atomic E-state index is -0.578. The van der Waals surface area contributed by atoms with Crippen molar-refractivity contribution in [3.05, 3.63) is 34.1 Å². The molecule has 2 N–H and O–H groups in total. The molecule has 0 bridgehead atoms. The van der Waals surface area contributed by atoms with Gasteiger partial charge in [0.2, 0.25) is 0 Å². The highest BCUT2D eigenvalue weighted by Gasteiger charge is 2.08. The molecular formula is C9H8Cl2N2O2. The molecule has 1 heterocycles. The number of esters is 1. The number of nitrogens with zero attached hydrogens (tertiary/aromatic N) is 1. The molecule has 6 heteroatoms. The lowest BCUT2D eigenvalue weighted by atomic mass is 10.2. The third kappa shape index (κ3) is 3.11. The third-order valence-electron chi connectivity index (χ3n) is 1.56. The highest BCUT2D eigenvalue weighted by molar-refractivity contribution is 6.33. The van der Waals surface area contributed by atoms with E-state index in [0.29, 0.717) is 5.02 Å². The molecule has 0 saturated heterocycles. The van der Waals surface area contributed by atoms with Gasteiger partial charge in [0, 0.05) is 6.08 Å². The van der Waals surface area contributed by atoms with Crippen LogP contribution in [0.1, 0.15) is 5.69 Å². The molecule has 15 heavy (non-hydrogen) atoms. The number of methoxy groups -OCH3 is 1. The van der Waals surface area contributed by atoms with Gasteiger partial charge < -0.3 is 10.5 Å². The van der Waals surface area contributed by atoms with E-state index in [-0.39, 0.29) is 16.5 Å². The first-order valence-electron chi connectivity index (χ1n) is 3.92. The molecule has 1 aromatic rings. The van der Waals surface area contributed by atoms with Crippen molar-refractivity contribution in [1.29, 1.82) is 0 Å². The monoisotopic (exact) mass is 246 g/mol. The number of pyridine rings is 1. The van der Waals surface area contributed by atoms with E-state index in [4.69, 9.17) is 28.9 Å². The van der Waals surface area contributed by atoms with E-state index in [9.17, 15) is 4.79 Å². The molecule has 4 nitrogen and oxygen atoms in total. The predicted molar refractivity (Wildman–Crippen MR) is 58.4 cm³/mol. The average molecular weight is 247 g/mol. The first kappa shape index (κ1) is 11.8. The Morgan fingerprint density at radius 2 is 2.20 bits per heavy atom. The third-order valence-corrected chi connectivity index (χ3v) is 2.08. The van der Waals surface area contributed by atoms with Crippen LogP contribution in [0.15, 0.2) is 18.2 Å². The van der Waals surface area contributed by atoms with Gasteiger partial charge in [-0.25, -0.2) is 9.78 Å². The topological polar surface area (TPSA) is 65.2 Å². The van der Waals surface area contributed by atoms with Crippen molar-refractivity contribution in [3.63, 3.8) is 0 Å². The van der Waals surface area contributed by atoms with Crippen molar-refractivity contribution >= 4 is 34.9 Å². The van der Waals surface area contributed by atoms with Gasteiger partial charge in [-0.3, -0.25) is 0 Å².